The van der Waals surface area contributed by atoms with Gasteiger partial charge in [0.2, 0.25) is 5.95 Å². The molecule has 2 fully saturated rings. The zero-order valence-electron chi connectivity index (χ0n) is 18.2. The minimum absolute atomic E-state index is 0.560. The predicted octanol–water partition coefficient (Wildman–Crippen LogP) is 3.85. The number of rotatable bonds is 7. The van der Waals surface area contributed by atoms with Crippen LogP contribution < -0.4 is 20.3 Å². The van der Waals surface area contributed by atoms with E-state index in [0.717, 1.165) is 81.6 Å². The number of aryl methyl sites for hydroxylation is 1. The number of benzene rings is 1. The van der Waals surface area contributed by atoms with Crippen molar-refractivity contribution in [2.45, 2.75) is 19.8 Å². The van der Waals surface area contributed by atoms with Gasteiger partial charge in [0.25, 0.3) is 0 Å². The average Bonchev–Trinajstić information content (AvgIpc) is 2.81. The highest BCUT2D eigenvalue weighted by molar-refractivity contribution is 14.1. The molecule has 31 heavy (non-hydrogen) atoms. The minimum Gasteiger partial charge on any atom is -0.494 e. The number of nitrogens with zero attached hydrogens (tertiary/aromatic N) is 4. The van der Waals surface area contributed by atoms with E-state index in [2.05, 4.69) is 58.6 Å². The summed E-state index contributed by atoms with van der Waals surface area (Å²) in [5, 5.41) is 6.83. The minimum atomic E-state index is 0.560. The molecule has 0 atom stereocenters. The van der Waals surface area contributed by atoms with Crippen molar-refractivity contribution in [1.29, 1.82) is 0 Å². The molecular formula is C22H31IN6O2. The number of hydrogen-bond donors (Lipinski definition) is 2. The molecule has 0 bridgehead atoms. The lowest BCUT2D eigenvalue weighted by molar-refractivity contribution is 0.0699. The lowest BCUT2D eigenvalue weighted by atomic mass is 10.0. The second-order valence-electron chi connectivity index (χ2n) is 8.07. The van der Waals surface area contributed by atoms with Crippen LogP contribution in [0, 0.1) is 12.8 Å². The fourth-order valence-corrected chi connectivity index (χ4v) is 4.34. The van der Waals surface area contributed by atoms with Crippen LogP contribution in [0.4, 0.5) is 23.1 Å². The van der Waals surface area contributed by atoms with Crippen LogP contribution in [0.25, 0.3) is 0 Å². The zero-order valence-corrected chi connectivity index (χ0v) is 20.4. The molecule has 2 aliphatic rings. The van der Waals surface area contributed by atoms with Gasteiger partial charge < -0.3 is 25.0 Å². The molecule has 0 unspecified atom stereocenters. The molecule has 2 aliphatic heterocycles. The maximum Gasteiger partial charge on any atom is 0.229 e. The summed E-state index contributed by atoms with van der Waals surface area (Å²) in [7, 11) is 1.70. The number of hydrogen-bond acceptors (Lipinski definition) is 8. The quantitative estimate of drug-likeness (QED) is 0.407. The molecule has 3 heterocycles. The van der Waals surface area contributed by atoms with E-state index >= 15 is 0 Å². The Morgan fingerprint density at radius 1 is 1.19 bits per heavy atom. The van der Waals surface area contributed by atoms with Crippen LogP contribution in [-0.2, 0) is 4.74 Å². The monoisotopic (exact) mass is 538 g/mol. The van der Waals surface area contributed by atoms with Crippen molar-refractivity contribution in [3.8, 4) is 5.75 Å². The Balaban J connectivity index is 1.44. The number of halogens is 1. The van der Waals surface area contributed by atoms with Gasteiger partial charge in [0, 0.05) is 92.3 Å². The lowest BCUT2D eigenvalue weighted by Crippen LogP contribution is -2.42. The summed E-state index contributed by atoms with van der Waals surface area (Å²) in [6.07, 6.45) is 4.04. The highest BCUT2D eigenvalue weighted by atomic mass is 127. The Labute approximate surface area is 198 Å². The first-order valence-corrected chi connectivity index (χ1v) is 11.8. The first-order chi connectivity index (χ1) is 15.1. The average molecular weight is 538 g/mol. The van der Waals surface area contributed by atoms with Gasteiger partial charge in [-0.2, -0.15) is 4.98 Å². The van der Waals surface area contributed by atoms with Crippen molar-refractivity contribution in [1.82, 2.24) is 13.1 Å². The fraction of sp³-hybridized carbons (Fsp3) is 0.545. The molecule has 4 rings (SSSR count). The summed E-state index contributed by atoms with van der Waals surface area (Å²) in [4.78, 5) is 11.6. The van der Waals surface area contributed by atoms with Gasteiger partial charge in [0.1, 0.15) is 11.6 Å². The highest BCUT2D eigenvalue weighted by Crippen LogP contribution is 2.32. The van der Waals surface area contributed by atoms with Crippen LogP contribution in [-0.4, -0.2) is 66.1 Å². The van der Waals surface area contributed by atoms with Gasteiger partial charge in [-0.1, -0.05) is 0 Å². The molecular weight excluding hydrogens is 507 g/mol. The van der Waals surface area contributed by atoms with E-state index in [-0.39, 0.29) is 0 Å². The molecule has 2 aromatic rings. The van der Waals surface area contributed by atoms with Crippen molar-refractivity contribution >= 4 is 46.0 Å². The molecule has 0 amide bonds. The molecule has 9 heteroatoms. The summed E-state index contributed by atoms with van der Waals surface area (Å²) in [5.74, 6) is 2.84. The topological polar surface area (TPSA) is 74.8 Å². The number of methoxy groups -OCH3 is 1. The molecule has 8 nitrogen and oxygen atoms in total. The van der Waals surface area contributed by atoms with E-state index in [0.29, 0.717) is 11.9 Å². The maximum atomic E-state index is 5.67. The van der Waals surface area contributed by atoms with Crippen molar-refractivity contribution in [3.05, 3.63) is 30.0 Å². The molecule has 2 N–H and O–H groups in total. The van der Waals surface area contributed by atoms with Crippen molar-refractivity contribution < 1.29 is 9.47 Å². The van der Waals surface area contributed by atoms with Crippen LogP contribution in [0.3, 0.4) is 0 Å². The van der Waals surface area contributed by atoms with Gasteiger partial charge >= 0.3 is 0 Å². The Kier molecular flexibility index (Phi) is 7.67. The standard InChI is InChI=1S/C22H31IN6O2/c1-16-14-25-22(27-21(16)24-15-17-5-11-31-12-6-17)26-19-4-3-18(13-20(19)30-2)28-7-9-29(23)10-8-28/h3-4,13-14,17H,5-12,15H2,1-2H3,(H2,24,25,26,27). The number of aromatic nitrogens is 2. The van der Waals surface area contributed by atoms with E-state index in [1.807, 2.05) is 19.2 Å². The van der Waals surface area contributed by atoms with E-state index in [9.17, 15) is 0 Å². The van der Waals surface area contributed by atoms with Crippen LogP contribution in [0.15, 0.2) is 24.4 Å². The Hall–Kier alpha value is -1.85. The van der Waals surface area contributed by atoms with Gasteiger partial charge in [-0.25, -0.2) is 8.10 Å². The maximum absolute atomic E-state index is 5.67. The van der Waals surface area contributed by atoms with Gasteiger partial charge in [0.15, 0.2) is 0 Å². The number of piperazine rings is 1. The molecule has 2 saturated heterocycles. The Bertz CT molecular complexity index is 869. The van der Waals surface area contributed by atoms with E-state index in [1.54, 1.807) is 7.11 Å². The SMILES string of the molecule is COc1cc(N2CCN(I)CC2)ccc1Nc1ncc(C)c(NCC2CCOCC2)n1. The second kappa shape index (κ2) is 10.6. The van der Waals surface area contributed by atoms with E-state index in [1.165, 1.54) is 5.69 Å². The predicted molar refractivity (Wildman–Crippen MR) is 133 cm³/mol. The first-order valence-electron chi connectivity index (χ1n) is 10.9. The molecule has 0 spiro atoms. The number of nitrogens with one attached hydrogen (secondary N) is 2. The summed E-state index contributed by atoms with van der Waals surface area (Å²) < 4.78 is 13.4. The smallest absolute Gasteiger partial charge is 0.229 e. The fourth-order valence-electron chi connectivity index (χ4n) is 3.91. The Morgan fingerprint density at radius 3 is 2.71 bits per heavy atom. The van der Waals surface area contributed by atoms with Crippen molar-refractivity contribution in [2.24, 2.45) is 5.92 Å². The van der Waals surface area contributed by atoms with Crippen molar-refractivity contribution in [3.63, 3.8) is 0 Å². The van der Waals surface area contributed by atoms with Gasteiger partial charge in [-0.15, -0.1) is 0 Å². The molecule has 0 radical (unpaired) electrons. The third kappa shape index (κ3) is 5.89. The summed E-state index contributed by atoms with van der Waals surface area (Å²) in [6.45, 7) is 8.79. The summed E-state index contributed by atoms with van der Waals surface area (Å²) in [5.41, 5.74) is 3.07. The molecule has 1 aromatic heterocycles. The van der Waals surface area contributed by atoms with Crippen LogP contribution in [0.1, 0.15) is 18.4 Å². The van der Waals surface area contributed by atoms with Gasteiger partial charge in [-0.3, -0.25) is 0 Å². The van der Waals surface area contributed by atoms with Crippen LogP contribution in [0.5, 0.6) is 5.75 Å². The largest absolute Gasteiger partial charge is 0.494 e. The normalized spacial score (nSPS) is 18.1. The van der Waals surface area contributed by atoms with E-state index < -0.39 is 0 Å². The highest BCUT2D eigenvalue weighted by Gasteiger charge is 2.18. The molecule has 168 valence electrons. The molecule has 1 aromatic carbocycles. The third-order valence-electron chi connectivity index (χ3n) is 5.89. The summed E-state index contributed by atoms with van der Waals surface area (Å²) in [6, 6.07) is 6.26. The lowest BCUT2D eigenvalue weighted by Gasteiger charge is -2.33. The van der Waals surface area contributed by atoms with Crippen molar-refractivity contribution in [2.75, 3.05) is 68.6 Å². The molecule has 0 saturated carbocycles. The van der Waals surface area contributed by atoms with Crippen LogP contribution in [0.2, 0.25) is 0 Å². The van der Waals surface area contributed by atoms with Gasteiger partial charge in [0.05, 0.1) is 12.8 Å². The zero-order chi connectivity index (χ0) is 21.6. The van der Waals surface area contributed by atoms with Crippen LogP contribution >= 0.6 is 22.9 Å². The third-order valence-corrected chi connectivity index (χ3v) is 6.86. The first kappa shape index (κ1) is 22.3. The Morgan fingerprint density at radius 2 is 1.97 bits per heavy atom. The number of ether oxygens (including phenoxy) is 2. The van der Waals surface area contributed by atoms with E-state index in [4.69, 9.17) is 14.5 Å². The molecule has 0 aliphatic carbocycles. The second-order valence-corrected chi connectivity index (χ2v) is 9.43. The number of anilines is 4. The van der Waals surface area contributed by atoms with Gasteiger partial charge in [-0.05, 0) is 37.8 Å². The summed E-state index contributed by atoms with van der Waals surface area (Å²) >= 11 is 2.39.